The lowest BCUT2D eigenvalue weighted by Crippen LogP contribution is -2.04. The Bertz CT molecular complexity index is 532. The summed E-state index contributed by atoms with van der Waals surface area (Å²) in [4.78, 5) is 0. The van der Waals surface area contributed by atoms with E-state index >= 15 is 0 Å². The van der Waals surface area contributed by atoms with Crippen LogP contribution in [0.2, 0.25) is 0 Å². The maximum Gasteiger partial charge on any atom is 0.124 e. The minimum absolute atomic E-state index is 0.0349. The molecule has 4 heteroatoms. The number of hydrogen-bond acceptors (Lipinski definition) is 3. The molecule has 0 bridgehead atoms. The van der Waals surface area contributed by atoms with Crippen LogP contribution in [-0.4, -0.2) is 22.0 Å². The fourth-order valence-corrected chi connectivity index (χ4v) is 2.02. The number of rotatable bonds is 4. The van der Waals surface area contributed by atoms with E-state index in [-0.39, 0.29) is 6.61 Å². The van der Waals surface area contributed by atoms with Crippen LogP contribution >= 0.6 is 0 Å². The van der Waals surface area contributed by atoms with Crippen molar-refractivity contribution in [3.63, 3.8) is 0 Å². The molecule has 0 fully saturated rings. The molecule has 0 unspecified atom stereocenters. The average Bonchev–Trinajstić information content (AvgIpc) is 2.87. The maximum atomic E-state index is 9.35. The first-order chi connectivity index (χ1) is 8.67. The van der Waals surface area contributed by atoms with Gasteiger partial charge in [-0.2, -0.15) is 5.10 Å². The number of aliphatic hydroxyl groups excluding tert-OH is 1. The van der Waals surface area contributed by atoms with E-state index < -0.39 is 0 Å². The molecule has 18 heavy (non-hydrogen) atoms. The van der Waals surface area contributed by atoms with Crippen LogP contribution in [0, 0.1) is 0 Å². The summed E-state index contributed by atoms with van der Waals surface area (Å²) >= 11 is 0. The van der Waals surface area contributed by atoms with Gasteiger partial charge in [-0.3, -0.25) is 4.68 Å². The molecule has 1 aromatic carbocycles. The first kappa shape index (κ1) is 12.6. The molecule has 4 nitrogen and oxygen atoms in total. The number of ether oxygens (including phenoxy) is 1. The number of benzene rings is 1. The Morgan fingerprint density at radius 1 is 1.33 bits per heavy atom. The molecule has 1 aromatic heterocycles. The quantitative estimate of drug-likeness (QED) is 0.902. The van der Waals surface area contributed by atoms with Crippen molar-refractivity contribution in [2.75, 3.05) is 7.11 Å². The number of aromatic nitrogens is 2. The van der Waals surface area contributed by atoms with Crippen molar-refractivity contribution >= 4 is 0 Å². The number of hydrogen-bond donors (Lipinski definition) is 1. The monoisotopic (exact) mass is 246 g/mol. The summed E-state index contributed by atoms with van der Waals surface area (Å²) < 4.78 is 7.17. The van der Waals surface area contributed by atoms with Crippen molar-refractivity contribution < 1.29 is 9.84 Å². The zero-order valence-electron chi connectivity index (χ0n) is 10.9. The SMILES string of the molecule is COc1ccc(-c2ccnn2C(C)C)cc1CO. The fraction of sp³-hybridized carbons (Fsp3) is 0.357. The van der Waals surface area contributed by atoms with Gasteiger partial charge in [-0.05, 0) is 38.1 Å². The van der Waals surface area contributed by atoms with E-state index in [0.29, 0.717) is 11.8 Å². The molecule has 96 valence electrons. The molecule has 0 aliphatic rings. The highest BCUT2D eigenvalue weighted by molar-refractivity contribution is 5.62. The summed E-state index contributed by atoms with van der Waals surface area (Å²) in [7, 11) is 1.60. The standard InChI is InChI=1S/C14H18N2O2/c1-10(2)16-13(6-7-15-16)11-4-5-14(18-3)12(8-11)9-17/h4-8,10,17H,9H2,1-3H3. The van der Waals surface area contributed by atoms with Crippen LogP contribution in [0.4, 0.5) is 0 Å². The minimum atomic E-state index is -0.0349. The lowest BCUT2D eigenvalue weighted by atomic mass is 10.1. The van der Waals surface area contributed by atoms with Crippen LogP contribution in [-0.2, 0) is 6.61 Å². The second-order valence-corrected chi connectivity index (χ2v) is 4.44. The van der Waals surface area contributed by atoms with E-state index in [9.17, 15) is 5.11 Å². The van der Waals surface area contributed by atoms with E-state index in [1.54, 1.807) is 13.3 Å². The molecule has 0 saturated heterocycles. The molecule has 0 aliphatic carbocycles. The Morgan fingerprint density at radius 3 is 2.72 bits per heavy atom. The third kappa shape index (κ3) is 2.24. The topological polar surface area (TPSA) is 47.3 Å². The molecule has 0 atom stereocenters. The van der Waals surface area contributed by atoms with Crippen molar-refractivity contribution in [2.24, 2.45) is 0 Å². The zero-order chi connectivity index (χ0) is 13.1. The summed E-state index contributed by atoms with van der Waals surface area (Å²) in [5.41, 5.74) is 2.86. The van der Waals surface area contributed by atoms with Gasteiger partial charge >= 0.3 is 0 Å². The molecule has 2 rings (SSSR count). The van der Waals surface area contributed by atoms with Crippen molar-refractivity contribution in [1.29, 1.82) is 0 Å². The highest BCUT2D eigenvalue weighted by Gasteiger charge is 2.10. The molecular formula is C14H18N2O2. The number of nitrogens with zero attached hydrogens (tertiary/aromatic N) is 2. The van der Waals surface area contributed by atoms with E-state index in [1.165, 1.54) is 0 Å². The third-order valence-corrected chi connectivity index (χ3v) is 2.91. The second-order valence-electron chi connectivity index (χ2n) is 4.44. The van der Waals surface area contributed by atoms with E-state index in [0.717, 1.165) is 16.8 Å². The van der Waals surface area contributed by atoms with Crippen molar-refractivity contribution in [2.45, 2.75) is 26.5 Å². The van der Waals surface area contributed by atoms with Crippen LogP contribution in [0.3, 0.4) is 0 Å². The summed E-state index contributed by atoms with van der Waals surface area (Å²) in [6, 6.07) is 8.07. The second kappa shape index (κ2) is 5.23. The predicted molar refractivity (Wildman–Crippen MR) is 70.5 cm³/mol. The van der Waals surface area contributed by atoms with Gasteiger partial charge < -0.3 is 9.84 Å². The highest BCUT2D eigenvalue weighted by Crippen LogP contribution is 2.27. The van der Waals surface area contributed by atoms with Gasteiger partial charge in [0.05, 0.1) is 19.4 Å². The van der Waals surface area contributed by atoms with Gasteiger partial charge in [0.2, 0.25) is 0 Å². The summed E-state index contributed by atoms with van der Waals surface area (Å²) in [5.74, 6) is 0.705. The molecule has 0 radical (unpaired) electrons. The van der Waals surface area contributed by atoms with Gasteiger partial charge in [-0.25, -0.2) is 0 Å². The van der Waals surface area contributed by atoms with Gasteiger partial charge in [0, 0.05) is 23.4 Å². The van der Waals surface area contributed by atoms with Gasteiger partial charge in [-0.1, -0.05) is 0 Å². The Labute approximate surface area is 107 Å². The van der Waals surface area contributed by atoms with Gasteiger partial charge in [0.1, 0.15) is 5.75 Å². The largest absolute Gasteiger partial charge is 0.496 e. The summed E-state index contributed by atoms with van der Waals surface area (Å²) in [5, 5.41) is 13.7. The van der Waals surface area contributed by atoms with Crippen LogP contribution in [0.5, 0.6) is 5.75 Å². The molecule has 0 spiro atoms. The summed E-state index contributed by atoms with van der Waals surface area (Å²) in [6.07, 6.45) is 1.79. The Morgan fingerprint density at radius 2 is 2.11 bits per heavy atom. The maximum absolute atomic E-state index is 9.35. The molecule has 1 N–H and O–H groups in total. The van der Waals surface area contributed by atoms with Crippen molar-refractivity contribution in [1.82, 2.24) is 9.78 Å². The van der Waals surface area contributed by atoms with Gasteiger partial charge in [-0.15, -0.1) is 0 Å². The van der Waals surface area contributed by atoms with E-state index in [2.05, 4.69) is 18.9 Å². The van der Waals surface area contributed by atoms with Crippen LogP contribution in [0.1, 0.15) is 25.5 Å². The van der Waals surface area contributed by atoms with Crippen LogP contribution < -0.4 is 4.74 Å². The summed E-state index contributed by atoms with van der Waals surface area (Å²) in [6.45, 7) is 4.15. The molecule has 1 heterocycles. The van der Waals surface area contributed by atoms with Gasteiger partial charge in [0.15, 0.2) is 0 Å². The average molecular weight is 246 g/mol. The van der Waals surface area contributed by atoms with Crippen LogP contribution in [0.25, 0.3) is 11.3 Å². The fourth-order valence-electron chi connectivity index (χ4n) is 2.02. The molecular weight excluding hydrogens is 228 g/mol. The first-order valence-corrected chi connectivity index (χ1v) is 5.99. The van der Waals surface area contributed by atoms with Crippen molar-refractivity contribution in [3.8, 4) is 17.0 Å². The number of aliphatic hydroxyl groups is 1. The lowest BCUT2D eigenvalue weighted by molar-refractivity contribution is 0.274. The third-order valence-electron chi connectivity index (χ3n) is 2.91. The normalized spacial score (nSPS) is 10.9. The zero-order valence-corrected chi connectivity index (χ0v) is 10.9. The van der Waals surface area contributed by atoms with Crippen LogP contribution in [0.15, 0.2) is 30.5 Å². The van der Waals surface area contributed by atoms with Crippen molar-refractivity contribution in [3.05, 3.63) is 36.0 Å². The van der Waals surface area contributed by atoms with E-state index in [4.69, 9.17) is 4.74 Å². The highest BCUT2D eigenvalue weighted by atomic mass is 16.5. The number of methoxy groups -OCH3 is 1. The Balaban J connectivity index is 2.48. The Kier molecular flexibility index (Phi) is 3.67. The molecule has 0 saturated carbocycles. The van der Waals surface area contributed by atoms with Gasteiger partial charge in [0.25, 0.3) is 0 Å². The molecule has 2 aromatic rings. The lowest BCUT2D eigenvalue weighted by Gasteiger charge is -2.13. The minimum Gasteiger partial charge on any atom is -0.496 e. The molecule has 0 aliphatic heterocycles. The Hall–Kier alpha value is -1.81. The molecule has 0 amide bonds. The first-order valence-electron chi connectivity index (χ1n) is 5.99. The predicted octanol–water partition coefficient (Wildman–Crippen LogP) is 2.63. The van der Waals surface area contributed by atoms with E-state index in [1.807, 2.05) is 28.9 Å². The smallest absolute Gasteiger partial charge is 0.124 e.